The first-order valence-electron chi connectivity index (χ1n) is 8.46. The Morgan fingerprint density at radius 2 is 1.70 bits per heavy atom. The second-order valence-electron chi connectivity index (χ2n) is 6.32. The van der Waals surface area contributed by atoms with Gasteiger partial charge < -0.3 is 9.47 Å². The Balaban J connectivity index is 1.87. The second kappa shape index (κ2) is 8.15. The van der Waals surface area contributed by atoms with Gasteiger partial charge in [-0.1, -0.05) is 53.8 Å². The Morgan fingerprint density at radius 3 is 2.33 bits per heavy atom. The molecule has 3 rings (SSSR count). The summed E-state index contributed by atoms with van der Waals surface area (Å²) in [5.74, 6) is 1.23. The van der Waals surface area contributed by atoms with Crippen molar-refractivity contribution in [2.45, 2.75) is 20.4 Å². The lowest BCUT2D eigenvalue weighted by Gasteiger charge is -2.14. The summed E-state index contributed by atoms with van der Waals surface area (Å²) in [6.45, 7) is 4.49. The van der Waals surface area contributed by atoms with Gasteiger partial charge in [0.2, 0.25) is 0 Å². The molecule has 0 aromatic heterocycles. The van der Waals surface area contributed by atoms with E-state index >= 15 is 0 Å². The Bertz CT molecular complexity index is 920. The molecule has 1 amide bonds. The van der Waals surface area contributed by atoms with E-state index in [9.17, 15) is 4.79 Å². The largest absolute Gasteiger partial charge is 0.493 e. The fourth-order valence-corrected chi connectivity index (χ4v) is 4.05. The van der Waals surface area contributed by atoms with Crippen molar-refractivity contribution in [3.63, 3.8) is 0 Å². The lowest BCUT2D eigenvalue weighted by atomic mass is 10.1. The summed E-state index contributed by atoms with van der Waals surface area (Å²) in [6.07, 6.45) is 1.87. The molecule has 0 bridgehead atoms. The van der Waals surface area contributed by atoms with Gasteiger partial charge in [0.05, 0.1) is 25.7 Å². The van der Waals surface area contributed by atoms with Crippen molar-refractivity contribution < 1.29 is 14.3 Å². The van der Waals surface area contributed by atoms with Crippen molar-refractivity contribution >= 4 is 40.3 Å². The van der Waals surface area contributed by atoms with Crippen LogP contribution in [0.3, 0.4) is 0 Å². The monoisotopic (exact) mass is 399 g/mol. The molecule has 1 aliphatic heterocycles. The van der Waals surface area contributed by atoms with Crippen LogP contribution in [0.4, 0.5) is 0 Å². The molecule has 0 saturated carbocycles. The average Bonchev–Trinajstić information content (AvgIpc) is 2.92. The minimum absolute atomic E-state index is 0.0697. The topological polar surface area (TPSA) is 38.8 Å². The van der Waals surface area contributed by atoms with Gasteiger partial charge in [-0.25, -0.2) is 0 Å². The number of carbonyl (C=O) groups is 1. The highest BCUT2D eigenvalue weighted by atomic mass is 32.2. The molecule has 0 aliphatic carbocycles. The van der Waals surface area contributed by atoms with Crippen LogP contribution in [0.5, 0.6) is 11.5 Å². The number of hydrogen-bond donors (Lipinski definition) is 0. The van der Waals surface area contributed by atoms with Crippen LogP contribution in [0.15, 0.2) is 41.3 Å². The number of thiocarbonyl (C=S) groups is 1. The molecule has 140 valence electrons. The molecule has 0 radical (unpaired) electrons. The van der Waals surface area contributed by atoms with Gasteiger partial charge in [-0.05, 0) is 48.7 Å². The number of benzene rings is 2. The standard InChI is InChI=1S/C21H21NO3S2/c1-13-5-7-15(8-6-13)12-22-20(23)19(27-21(22)26)11-16-10-18(25-4)17(24-3)9-14(16)2/h5-11H,12H2,1-4H3. The van der Waals surface area contributed by atoms with E-state index in [1.54, 1.807) is 19.1 Å². The third-order valence-electron chi connectivity index (χ3n) is 4.39. The third kappa shape index (κ3) is 4.17. The molecule has 2 aromatic carbocycles. The van der Waals surface area contributed by atoms with Gasteiger partial charge in [-0.15, -0.1) is 0 Å². The number of thioether (sulfide) groups is 1. The molecule has 1 aliphatic rings. The quantitative estimate of drug-likeness (QED) is 0.537. The zero-order chi connectivity index (χ0) is 19.6. The maximum atomic E-state index is 12.9. The van der Waals surface area contributed by atoms with Crippen molar-refractivity contribution in [3.8, 4) is 11.5 Å². The molecule has 1 saturated heterocycles. The molecule has 27 heavy (non-hydrogen) atoms. The molecule has 0 N–H and O–H groups in total. The zero-order valence-corrected chi connectivity index (χ0v) is 17.4. The number of amides is 1. The third-order valence-corrected chi connectivity index (χ3v) is 5.77. The number of nitrogens with zero attached hydrogens (tertiary/aromatic N) is 1. The molecular weight excluding hydrogens is 378 g/mol. The van der Waals surface area contributed by atoms with E-state index < -0.39 is 0 Å². The van der Waals surface area contributed by atoms with Gasteiger partial charge in [0, 0.05) is 0 Å². The minimum Gasteiger partial charge on any atom is -0.493 e. The second-order valence-corrected chi connectivity index (χ2v) is 7.99. The maximum absolute atomic E-state index is 12.9. The molecule has 0 atom stereocenters. The molecule has 4 nitrogen and oxygen atoms in total. The fraction of sp³-hybridized carbons (Fsp3) is 0.238. The van der Waals surface area contributed by atoms with E-state index in [0.717, 1.165) is 16.7 Å². The van der Waals surface area contributed by atoms with Gasteiger partial charge in [0.15, 0.2) is 11.5 Å². The van der Waals surface area contributed by atoms with Gasteiger partial charge >= 0.3 is 0 Å². The molecular formula is C21H21NO3S2. The van der Waals surface area contributed by atoms with Crippen LogP contribution in [-0.2, 0) is 11.3 Å². The average molecular weight is 400 g/mol. The van der Waals surface area contributed by atoms with Gasteiger partial charge in [-0.3, -0.25) is 9.69 Å². The van der Waals surface area contributed by atoms with Crippen LogP contribution in [-0.4, -0.2) is 29.3 Å². The van der Waals surface area contributed by atoms with E-state index in [0.29, 0.717) is 27.3 Å². The van der Waals surface area contributed by atoms with Gasteiger partial charge in [0.25, 0.3) is 5.91 Å². The summed E-state index contributed by atoms with van der Waals surface area (Å²) in [6, 6.07) is 11.9. The predicted octanol–water partition coefficient (Wildman–Crippen LogP) is 4.72. The first-order chi connectivity index (χ1) is 12.9. The lowest BCUT2D eigenvalue weighted by molar-refractivity contribution is -0.122. The molecule has 0 spiro atoms. The fourth-order valence-electron chi connectivity index (χ4n) is 2.81. The van der Waals surface area contributed by atoms with Crippen LogP contribution in [0.2, 0.25) is 0 Å². The first-order valence-corrected chi connectivity index (χ1v) is 9.69. The van der Waals surface area contributed by atoms with Crippen LogP contribution >= 0.6 is 24.0 Å². The first kappa shape index (κ1) is 19.5. The Morgan fingerprint density at radius 1 is 1.07 bits per heavy atom. The number of rotatable bonds is 5. The zero-order valence-electron chi connectivity index (χ0n) is 15.7. The number of methoxy groups -OCH3 is 2. The van der Waals surface area contributed by atoms with Crippen molar-refractivity contribution in [3.05, 3.63) is 63.6 Å². The number of hydrogen-bond acceptors (Lipinski definition) is 5. The minimum atomic E-state index is -0.0697. The number of ether oxygens (including phenoxy) is 2. The Labute approximate surface area is 169 Å². The van der Waals surface area contributed by atoms with Crippen LogP contribution in [0.25, 0.3) is 6.08 Å². The van der Waals surface area contributed by atoms with Crippen molar-refractivity contribution in [1.29, 1.82) is 0 Å². The smallest absolute Gasteiger partial charge is 0.266 e. The molecule has 0 unspecified atom stereocenters. The highest BCUT2D eigenvalue weighted by Crippen LogP contribution is 2.36. The Hall–Kier alpha value is -2.31. The molecule has 1 heterocycles. The summed E-state index contributed by atoms with van der Waals surface area (Å²) in [4.78, 5) is 15.1. The maximum Gasteiger partial charge on any atom is 0.266 e. The van der Waals surface area contributed by atoms with E-state index in [1.165, 1.54) is 17.3 Å². The van der Waals surface area contributed by atoms with Crippen molar-refractivity contribution in [2.75, 3.05) is 14.2 Å². The van der Waals surface area contributed by atoms with Crippen molar-refractivity contribution in [2.24, 2.45) is 0 Å². The summed E-state index contributed by atoms with van der Waals surface area (Å²) in [5.41, 5.74) is 4.15. The van der Waals surface area contributed by atoms with Crippen LogP contribution in [0, 0.1) is 13.8 Å². The van der Waals surface area contributed by atoms with Crippen molar-refractivity contribution in [1.82, 2.24) is 4.90 Å². The highest BCUT2D eigenvalue weighted by molar-refractivity contribution is 8.26. The van der Waals surface area contributed by atoms with E-state index in [4.69, 9.17) is 21.7 Å². The Kier molecular flexibility index (Phi) is 5.87. The summed E-state index contributed by atoms with van der Waals surface area (Å²) < 4.78 is 11.3. The normalized spacial score (nSPS) is 15.6. The van der Waals surface area contributed by atoms with Gasteiger partial charge in [0.1, 0.15) is 4.32 Å². The summed E-state index contributed by atoms with van der Waals surface area (Å²) >= 11 is 6.77. The molecule has 6 heteroatoms. The highest BCUT2D eigenvalue weighted by Gasteiger charge is 2.32. The molecule has 1 fully saturated rings. The summed E-state index contributed by atoms with van der Waals surface area (Å²) in [5, 5.41) is 0. The van der Waals surface area contributed by atoms with Gasteiger partial charge in [-0.2, -0.15) is 0 Å². The predicted molar refractivity (Wildman–Crippen MR) is 114 cm³/mol. The van der Waals surface area contributed by atoms with E-state index in [2.05, 4.69) is 0 Å². The SMILES string of the molecule is COc1cc(C)c(C=C2SC(=S)N(Cc3ccc(C)cc3)C2=O)cc1OC. The number of carbonyl (C=O) groups excluding carboxylic acids is 1. The van der Waals surface area contributed by atoms with E-state index in [-0.39, 0.29) is 5.91 Å². The van der Waals surface area contributed by atoms with E-state index in [1.807, 2.05) is 56.3 Å². The molecule has 2 aromatic rings. The summed E-state index contributed by atoms with van der Waals surface area (Å²) in [7, 11) is 3.20. The van der Waals surface area contributed by atoms with Crippen LogP contribution in [0.1, 0.15) is 22.3 Å². The number of aryl methyl sites for hydroxylation is 2. The lowest BCUT2D eigenvalue weighted by Crippen LogP contribution is -2.27. The van der Waals surface area contributed by atoms with Crippen LogP contribution < -0.4 is 9.47 Å².